The Balaban J connectivity index is 1.80. The number of aromatic nitrogens is 4. The smallest absolute Gasteiger partial charge is 0.263 e. The lowest BCUT2D eigenvalue weighted by Gasteiger charge is -2.12. The summed E-state index contributed by atoms with van der Waals surface area (Å²) in [6.07, 6.45) is 0. The Morgan fingerprint density at radius 1 is 1.03 bits per heavy atom. The van der Waals surface area contributed by atoms with Crippen LogP contribution in [0.25, 0.3) is 28.1 Å². The number of benzene rings is 3. The van der Waals surface area contributed by atoms with Gasteiger partial charge < -0.3 is 9.84 Å². The number of phenols is 1. The molecule has 0 saturated heterocycles. The number of fused-ring (bicyclic) bond motifs is 3. The number of para-hydroxylation sites is 1. The maximum Gasteiger partial charge on any atom is 0.263 e. The van der Waals surface area contributed by atoms with Gasteiger partial charge in [-0.1, -0.05) is 24.3 Å². The van der Waals surface area contributed by atoms with Gasteiger partial charge in [-0.2, -0.15) is 0 Å². The number of ether oxygens (including phenoxy) is 1. The first-order valence-corrected chi connectivity index (χ1v) is 9.55. The van der Waals surface area contributed by atoms with E-state index >= 15 is 0 Å². The second kappa shape index (κ2) is 7.24. The van der Waals surface area contributed by atoms with E-state index in [0.29, 0.717) is 33.8 Å². The highest BCUT2D eigenvalue weighted by atomic mass is 19.1. The van der Waals surface area contributed by atoms with Crippen LogP contribution in [0.2, 0.25) is 0 Å². The molecule has 0 fully saturated rings. The molecule has 2 aromatic heterocycles. The summed E-state index contributed by atoms with van der Waals surface area (Å²) in [4.78, 5) is 13.3. The lowest BCUT2D eigenvalue weighted by molar-refractivity contribution is 0.408. The predicted octanol–water partition coefficient (Wildman–Crippen LogP) is 3.61. The summed E-state index contributed by atoms with van der Waals surface area (Å²) in [6, 6.07) is 18.0. The Hall–Kier alpha value is -4.20. The van der Waals surface area contributed by atoms with Gasteiger partial charge in [0.1, 0.15) is 17.3 Å². The minimum atomic E-state index is -0.348. The first kappa shape index (κ1) is 18.8. The Bertz CT molecular complexity index is 1490. The summed E-state index contributed by atoms with van der Waals surface area (Å²) >= 11 is 0. The molecule has 154 valence electrons. The van der Waals surface area contributed by atoms with E-state index in [9.17, 15) is 14.3 Å². The van der Waals surface area contributed by atoms with E-state index in [0.717, 1.165) is 5.56 Å². The van der Waals surface area contributed by atoms with Crippen LogP contribution in [0.1, 0.15) is 5.56 Å². The monoisotopic (exact) mass is 416 g/mol. The summed E-state index contributed by atoms with van der Waals surface area (Å²) in [5, 5.41) is 19.6. The van der Waals surface area contributed by atoms with Crippen molar-refractivity contribution < 1.29 is 14.2 Å². The highest BCUT2D eigenvalue weighted by Gasteiger charge is 2.19. The molecule has 0 aliphatic rings. The average Bonchev–Trinajstić information content (AvgIpc) is 3.22. The van der Waals surface area contributed by atoms with E-state index in [1.54, 1.807) is 46.9 Å². The SMILES string of the molecule is COc1ccc(-c2nnc3n(Cc4ccc(F)cc4)c(=O)c4ccccc4n23)c(O)c1. The van der Waals surface area contributed by atoms with E-state index in [4.69, 9.17) is 4.74 Å². The zero-order valence-electron chi connectivity index (χ0n) is 16.5. The van der Waals surface area contributed by atoms with Gasteiger partial charge in [0.2, 0.25) is 5.78 Å². The molecule has 1 N–H and O–H groups in total. The highest BCUT2D eigenvalue weighted by molar-refractivity contribution is 5.83. The summed E-state index contributed by atoms with van der Waals surface area (Å²) < 4.78 is 21.7. The molecule has 0 saturated carbocycles. The fourth-order valence-electron chi connectivity index (χ4n) is 3.68. The molecular formula is C23H17FN4O3. The number of phenolic OH excluding ortho intramolecular Hbond substituents is 1. The van der Waals surface area contributed by atoms with Crippen LogP contribution in [0.4, 0.5) is 4.39 Å². The van der Waals surface area contributed by atoms with Gasteiger partial charge in [0, 0.05) is 6.07 Å². The van der Waals surface area contributed by atoms with Crippen molar-refractivity contribution in [2.24, 2.45) is 0 Å². The zero-order valence-corrected chi connectivity index (χ0v) is 16.5. The van der Waals surface area contributed by atoms with E-state index < -0.39 is 0 Å². The second-order valence-electron chi connectivity index (χ2n) is 7.08. The van der Waals surface area contributed by atoms with Crippen LogP contribution in [-0.2, 0) is 6.54 Å². The van der Waals surface area contributed by atoms with Gasteiger partial charge >= 0.3 is 0 Å². The summed E-state index contributed by atoms with van der Waals surface area (Å²) in [5.74, 6) is 0.846. The van der Waals surface area contributed by atoms with Crippen molar-refractivity contribution in [1.82, 2.24) is 19.2 Å². The first-order valence-electron chi connectivity index (χ1n) is 9.55. The van der Waals surface area contributed by atoms with E-state index in [1.807, 2.05) is 6.07 Å². The van der Waals surface area contributed by atoms with Gasteiger partial charge in [-0.25, -0.2) is 4.39 Å². The fraction of sp³-hybridized carbons (Fsp3) is 0.0870. The molecule has 5 aromatic rings. The molecule has 0 aliphatic carbocycles. The van der Waals surface area contributed by atoms with E-state index in [2.05, 4.69) is 10.2 Å². The molecule has 0 spiro atoms. The van der Waals surface area contributed by atoms with Crippen LogP contribution in [0.3, 0.4) is 0 Å². The normalized spacial score (nSPS) is 11.3. The predicted molar refractivity (Wildman–Crippen MR) is 114 cm³/mol. The average molecular weight is 416 g/mol. The molecule has 5 rings (SSSR count). The maximum atomic E-state index is 13.3. The molecule has 0 atom stereocenters. The second-order valence-corrected chi connectivity index (χ2v) is 7.08. The first-order chi connectivity index (χ1) is 15.1. The topological polar surface area (TPSA) is 81.7 Å². The lowest BCUT2D eigenvalue weighted by atomic mass is 10.1. The third-order valence-corrected chi connectivity index (χ3v) is 5.21. The van der Waals surface area contributed by atoms with Crippen LogP contribution in [0, 0.1) is 5.82 Å². The molecule has 0 amide bonds. The molecule has 0 bridgehead atoms. The largest absolute Gasteiger partial charge is 0.507 e. The van der Waals surface area contributed by atoms with Gasteiger partial charge in [-0.05, 0) is 42.0 Å². The van der Waals surface area contributed by atoms with Crippen LogP contribution in [0.15, 0.2) is 71.5 Å². The molecule has 3 aromatic carbocycles. The van der Waals surface area contributed by atoms with Gasteiger partial charge in [0.15, 0.2) is 5.82 Å². The molecule has 8 heteroatoms. The third-order valence-electron chi connectivity index (χ3n) is 5.21. The number of hydrogen-bond acceptors (Lipinski definition) is 5. The zero-order chi connectivity index (χ0) is 21.5. The van der Waals surface area contributed by atoms with Gasteiger partial charge in [0.05, 0.1) is 30.1 Å². The van der Waals surface area contributed by atoms with Crippen molar-refractivity contribution in [3.63, 3.8) is 0 Å². The van der Waals surface area contributed by atoms with Gasteiger partial charge in [-0.3, -0.25) is 13.8 Å². The highest BCUT2D eigenvalue weighted by Crippen LogP contribution is 2.32. The van der Waals surface area contributed by atoms with Crippen LogP contribution in [0.5, 0.6) is 11.5 Å². The summed E-state index contributed by atoms with van der Waals surface area (Å²) in [5.41, 5.74) is 1.58. The van der Waals surface area contributed by atoms with Crippen molar-refractivity contribution in [2.75, 3.05) is 7.11 Å². The minimum Gasteiger partial charge on any atom is -0.507 e. The van der Waals surface area contributed by atoms with E-state index in [1.165, 1.54) is 29.9 Å². The van der Waals surface area contributed by atoms with Crippen LogP contribution < -0.4 is 10.3 Å². The number of aromatic hydroxyl groups is 1. The van der Waals surface area contributed by atoms with Crippen molar-refractivity contribution in [1.29, 1.82) is 0 Å². The molecule has 0 radical (unpaired) electrons. The summed E-state index contributed by atoms with van der Waals surface area (Å²) in [7, 11) is 1.52. The van der Waals surface area contributed by atoms with Crippen LogP contribution in [-0.4, -0.2) is 31.4 Å². The number of nitrogens with zero attached hydrogens (tertiary/aromatic N) is 4. The van der Waals surface area contributed by atoms with Crippen molar-refractivity contribution >= 4 is 16.7 Å². The molecule has 0 aliphatic heterocycles. The lowest BCUT2D eigenvalue weighted by Crippen LogP contribution is -2.24. The molecule has 2 heterocycles. The number of hydrogen-bond donors (Lipinski definition) is 1. The van der Waals surface area contributed by atoms with Crippen LogP contribution >= 0.6 is 0 Å². The fourth-order valence-corrected chi connectivity index (χ4v) is 3.68. The van der Waals surface area contributed by atoms with Gasteiger partial charge in [0.25, 0.3) is 5.56 Å². The molecule has 0 unspecified atom stereocenters. The number of halogens is 1. The Kier molecular flexibility index (Phi) is 4.39. The minimum absolute atomic E-state index is 0.0194. The van der Waals surface area contributed by atoms with Crippen molar-refractivity contribution in [2.45, 2.75) is 6.54 Å². The number of methoxy groups -OCH3 is 1. The van der Waals surface area contributed by atoms with Gasteiger partial charge in [-0.15, -0.1) is 10.2 Å². The Morgan fingerprint density at radius 3 is 2.55 bits per heavy atom. The quantitative estimate of drug-likeness (QED) is 0.484. The van der Waals surface area contributed by atoms with Crippen molar-refractivity contribution in [3.8, 4) is 22.9 Å². The number of rotatable bonds is 4. The maximum absolute atomic E-state index is 13.3. The molecule has 31 heavy (non-hydrogen) atoms. The molecular weight excluding hydrogens is 399 g/mol. The van der Waals surface area contributed by atoms with E-state index in [-0.39, 0.29) is 23.7 Å². The third kappa shape index (κ3) is 3.09. The standard InChI is InChI=1S/C23H17FN4O3/c1-31-16-10-11-18(20(29)12-16)21-25-26-23-27(13-14-6-8-15(24)9-7-14)22(30)17-4-2-3-5-19(17)28(21)23/h2-12,29H,13H2,1H3. The molecule has 7 nitrogen and oxygen atoms in total. The van der Waals surface area contributed by atoms with Crippen molar-refractivity contribution in [3.05, 3.63) is 88.5 Å². The Labute approximate surface area is 175 Å². The summed E-state index contributed by atoms with van der Waals surface area (Å²) in [6.45, 7) is 0.195. The Morgan fingerprint density at radius 2 is 1.81 bits per heavy atom.